The van der Waals surface area contributed by atoms with Crippen LogP contribution in [0, 0.1) is 6.92 Å². The molecule has 1 N–H and O–H groups in total. The normalized spacial score (nSPS) is 12.2. The minimum atomic E-state index is -0.616. The monoisotopic (exact) mass is 270 g/mol. The molecule has 0 saturated heterocycles. The minimum Gasteiger partial charge on any atom is -0.384 e. The molecule has 0 aliphatic heterocycles. The van der Waals surface area contributed by atoms with E-state index in [4.69, 9.17) is 0 Å². The molecule has 1 aromatic heterocycles. The van der Waals surface area contributed by atoms with E-state index >= 15 is 0 Å². The number of pyridine rings is 1. The molecule has 0 bridgehead atoms. The molecule has 0 amide bonds. The molecule has 1 unspecified atom stereocenters. The lowest BCUT2D eigenvalue weighted by Crippen LogP contribution is -2.23. The topological polar surface area (TPSA) is 36.4 Å². The lowest BCUT2D eigenvalue weighted by atomic mass is 10.0. The molecule has 2 rings (SSSR count). The third-order valence-corrected chi connectivity index (χ3v) is 3.61. The summed E-state index contributed by atoms with van der Waals surface area (Å²) in [4.78, 5) is 6.83. The molecule has 0 spiro atoms. The number of aromatic nitrogens is 1. The summed E-state index contributed by atoms with van der Waals surface area (Å²) < 4.78 is 0. The summed E-state index contributed by atoms with van der Waals surface area (Å²) >= 11 is 0. The van der Waals surface area contributed by atoms with E-state index in [1.807, 2.05) is 49.4 Å². The molecule has 3 heteroatoms. The van der Waals surface area contributed by atoms with Crippen LogP contribution in [0.1, 0.15) is 36.8 Å². The van der Waals surface area contributed by atoms with Crippen molar-refractivity contribution in [3.63, 3.8) is 0 Å². The Morgan fingerprint density at radius 3 is 2.25 bits per heavy atom. The number of benzene rings is 1. The highest BCUT2D eigenvalue weighted by molar-refractivity contribution is 5.43. The van der Waals surface area contributed by atoms with Crippen LogP contribution in [0.2, 0.25) is 0 Å². The fourth-order valence-electron chi connectivity index (χ4n) is 2.39. The fraction of sp³-hybridized carbons (Fsp3) is 0.353. The summed E-state index contributed by atoms with van der Waals surface area (Å²) in [6.45, 7) is 8.06. The van der Waals surface area contributed by atoms with E-state index in [0.717, 1.165) is 35.7 Å². The van der Waals surface area contributed by atoms with Crippen molar-refractivity contribution in [3.05, 3.63) is 59.3 Å². The zero-order chi connectivity index (χ0) is 14.5. The first-order valence-electron chi connectivity index (χ1n) is 7.12. The Morgan fingerprint density at radius 1 is 1.05 bits per heavy atom. The van der Waals surface area contributed by atoms with Gasteiger partial charge in [0.2, 0.25) is 0 Å². The van der Waals surface area contributed by atoms with Gasteiger partial charge in [0.1, 0.15) is 11.9 Å². The molecular formula is C17H22N2O. The van der Waals surface area contributed by atoms with Crippen LogP contribution in [0.5, 0.6) is 0 Å². The molecule has 0 radical (unpaired) electrons. The number of rotatable bonds is 5. The van der Waals surface area contributed by atoms with Crippen molar-refractivity contribution >= 4 is 5.82 Å². The van der Waals surface area contributed by atoms with Crippen LogP contribution in [0.4, 0.5) is 5.82 Å². The summed E-state index contributed by atoms with van der Waals surface area (Å²) in [6, 6.07) is 13.7. The second kappa shape index (κ2) is 6.53. The summed E-state index contributed by atoms with van der Waals surface area (Å²) in [7, 11) is 0. The summed E-state index contributed by atoms with van der Waals surface area (Å²) in [5.41, 5.74) is 2.64. The molecule has 0 aliphatic rings. The molecule has 2 aromatic rings. The van der Waals surface area contributed by atoms with Crippen molar-refractivity contribution in [3.8, 4) is 0 Å². The Bertz CT molecular complexity index is 550. The van der Waals surface area contributed by atoms with Gasteiger partial charge in [0.15, 0.2) is 0 Å². The molecule has 1 atom stereocenters. The number of aliphatic hydroxyl groups excluding tert-OH is 1. The number of aliphatic hydroxyl groups is 1. The van der Waals surface area contributed by atoms with Crippen molar-refractivity contribution in [1.82, 2.24) is 4.98 Å². The number of nitrogens with zero attached hydrogens (tertiary/aromatic N) is 2. The zero-order valence-corrected chi connectivity index (χ0v) is 12.4. The van der Waals surface area contributed by atoms with Gasteiger partial charge in [-0.15, -0.1) is 0 Å². The van der Waals surface area contributed by atoms with Gasteiger partial charge in [-0.2, -0.15) is 0 Å². The van der Waals surface area contributed by atoms with Crippen molar-refractivity contribution in [2.75, 3.05) is 18.0 Å². The van der Waals surface area contributed by atoms with Gasteiger partial charge in [-0.25, -0.2) is 4.98 Å². The van der Waals surface area contributed by atoms with Gasteiger partial charge in [0.05, 0.1) is 0 Å². The van der Waals surface area contributed by atoms with Crippen LogP contribution < -0.4 is 4.90 Å². The van der Waals surface area contributed by atoms with Gasteiger partial charge in [0, 0.05) is 24.3 Å². The quantitative estimate of drug-likeness (QED) is 0.905. The van der Waals surface area contributed by atoms with Crippen LogP contribution in [-0.4, -0.2) is 23.2 Å². The maximum atomic E-state index is 10.5. The highest BCUT2D eigenvalue weighted by atomic mass is 16.3. The number of aryl methyl sites for hydroxylation is 1. The van der Waals surface area contributed by atoms with Gasteiger partial charge in [-0.1, -0.05) is 36.4 Å². The minimum absolute atomic E-state index is 0.616. The van der Waals surface area contributed by atoms with Gasteiger partial charge < -0.3 is 10.0 Å². The van der Waals surface area contributed by atoms with Gasteiger partial charge in [0.25, 0.3) is 0 Å². The third-order valence-electron chi connectivity index (χ3n) is 3.61. The Kier molecular flexibility index (Phi) is 4.74. The highest BCUT2D eigenvalue weighted by Crippen LogP contribution is 2.25. The van der Waals surface area contributed by atoms with E-state index in [1.165, 1.54) is 0 Å². The van der Waals surface area contributed by atoms with Gasteiger partial charge in [-0.05, 0) is 32.4 Å². The van der Waals surface area contributed by atoms with Crippen molar-refractivity contribution < 1.29 is 5.11 Å². The summed E-state index contributed by atoms with van der Waals surface area (Å²) in [5.74, 6) is 0.969. The highest BCUT2D eigenvalue weighted by Gasteiger charge is 2.14. The lowest BCUT2D eigenvalue weighted by Gasteiger charge is -2.22. The Morgan fingerprint density at radius 2 is 1.70 bits per heavy atom. The maximum Gasteiger partial charge on any atom is 0.128 e. The number of hydrogen-bond donors (Lipinski definition) is 1. The van der Waals surface area contributed by atoms with E-state index in [9.17, 15) is 5.11 Å². The third kappa shape index (κ3) is 2.99. The van der Waals surface area contributed by atoms with Gasteiger partial charge >= 0.3 is 0 Å². The predicted molar refractivity (Wildman–Crippen MR) is 83.0 cm³/mol. The first kappa shape index (κ1) is 14.5. The molecule has 1 heterocycles. The SMILES string of the molecule is CCN(CC)c1ccc(C(O)c2ccccc2)c(C)n1. The standard InChI is InChI=1S/C17H22N2O/c1-4-19(5-2)16-12-11-15(13(3)18-16)17(20)14-9-7-6-8-10-14/h6-12,17,20H,4-5H2,1-3H3. The van der Waals surface area contributed by atoms with Crippen LogP contribution in [0.25, 0.3) is 0 Å². The number of hydrogen-bond acceptors (Lipinski definition) is 3. The van der Waals surface area contributed by atoms with Crippen molar-refractivity contribution in [1.29, 1.82) is 0 Å². The maximum absolute atomic E-state index is 10.5. The fourth-order valence-corrected chi connectivity index (χ4v) is 2.39. The summed E-state index contributed by atoms with van der Waals surface area (Å²) in [6.07, 6.45) is -0.616. The molecule has 1 aromatic carbocycles. The molecule has 0 saturated carbocycles. The Balaban J connectivity index is 2.30. The van der Waals surface area contributed by atoms with E-state index in [0.29, 0.717) is 0 Å². The second-order valence-electron chi connectivity index (χ2n) is 4.83. The van der Waals surface area contributed by atoms with E-state index in [2.05, 4.69) is 23.7 Å². The van der Waals surface area contributed by atoms with E-state index in [1.54, 1.807) is 0 Å². The van der Waals surface area contributed by atoms with Crippen LogP contribution in [-0.2, 0) is 0 Å². The molecule has 0 aliphatic carbocycles. The van der Waals surface area contributed by atoms with E-state index in [-0.39, 0.29) is 0 Å². The Labute approximate surface area is 120 Å². The predicted octanol–water partition coefficient (Wildman–Crippen LogP) is 3.32. The largest absolute Gasteiger partial charge is 0.384 e. The van der Waals surface area contributed by atoms with E-state index < -0.39 is 6.10 Å². The summed E-state index contributed by atoms with van der Waals surface area (Å²) in [5, 5.41) is 10.5. The van der Waals surface area contributed by atoms with Gasteiger partial charge in [-0.3, -0.25) is 0 Å². The van der Waals surface area contributed by atoms with Crippen LogP contribution in [0.3, 0.4) is 0 Å². The Hall–Kier alpha value is -1.87. The number of anilines is 1. The first-order valence-corrected chi connectivity index (χ1v) is 7.12. The smallest absolute Gasteiger partial charge is 0.128 e. The van der Waals surface area contributed by atoms with Crippen molar-refractivity contribution in [2.24, 2.45) is 0 Å². The molecule has 3 nitrogen and oxygen atoms in total. The molecular weight excluding hydrogens is 248 g/mol. The average molecular weight is 270 g/mol. The molecule has 106 valence electrons. The lowest BCUT2D eigenvalue weighted by molar-refractivity contribution is 0.219. The zero-order valence-electron chi connectivity index (χ0n) is 12.4. The first-order chi connectivity index (χ1) is 9.67. The average Bonchev–Trinajstić information content (AvgIpc) is 2.49. The second-order valence-corrected chi connectivity index (χ2v) is 4.83. The van der Waals surface area contributed by atoms with Crippen molar-refractivity contribution in [2.45, 2.75) is 26.9 Å². The molecule has 0 fully saturated rings. The van der Waals surface area contributed by atoms with Crippen LogP contribution >= 0.6 is 0 Å². The van der Waals surface area contributed by atoms with Crippen LogP contribution in [0.15, 0.2) is 42.5 Å². The molecule has 20 heavy (non-hydrogen) atoms.